The lowest BCUT2D eigenvalue weighted by Gasteiger charge is -2.32. The highest BCUT2D eigenvalue weighted by Gasteiger charge is 2.32. The van der Waals surface area contributed by atoms with Crippen LogP contribution in [-0.4, -0.2) is 16.1 Å². The van der Waals surface area contributed by atoms with E-state index in [0.717, 1.165) is 16.8 Å². The van der Waals surface area contributed by atoms with Crippen molar-refractivity contribution in [2.24, 2.45) is 0 Å². The van der Waals surface area contributed by atoms with Crippen LogP contribution in [-0.2, 0) is 0 Å². The molecule has 2 aromatic rings. The van der Waals surface area contributed by atoms with E-state index in [1.807, 2.05) is 6.07 Å². The number of anilines is 2. The number of hydrogen-bond acceptors (Lipinski definition) is 2. The average molecular weight is 303 g/mol. The third kappa shape index (κ3) is 2.38. The van der Waals surface area contributed by atoms with Crippen LogP contribution < -0.4 is 21.8 Å². The van der Waals surface area contributed by atoms with Crippen molar-refractivity contribution in [3.05, 3.63) is 24.3 Å². The molecule has 0 atom stereocenters. The van der Waals surface area contributed by atoms with Gasteiger partial charge in [0.2, 0.25) is 0 Å². The summed E-state index contributed by atoms with van der Waals surface area (Å²) in [4.78, 5) is 0. The molecule has 108 valence electrons. The molecule has 0 bridgehead atoms. The van der Waals surface area contributed by atoms with E-state index in [0.29, 0.717) is 0 Å². The number of nitrogen functional groups attached to an aromatic ring is 2. The molecule has 2 nitrogen and oxygen atoms in total. The van der Waals surface area contributed by atoms with E-state index < -0.39 is 16.1 Å². The molecule has 0 aliphatic rings. The first kappa shape index (κ1) is 15.1. The van der Waals surface area contributed by atoms with Crippen LogP contribution in [0.1, 0.15) is 0 Å². The first-order valence-corrected chi connectivity index (χ1v) is 14.2. The minimum Gasteiger partial charge on any atom is -0.397 e. The van der Waals surface area contributed by atoms with Crippen molar-refractivity contribution in [2.45, 2.75) is 39.3 Å². The molecule has 0 radical (unpaired) electrons. The summed E-state index contributed by atoms with van der Waals surface area (Å²) < 4.78 is 0. The van der Waals surface area contributed by atoms with Gasteiger partial charge in [-0.1, -0.05) is 68.7 Å². The molecule has 0 unspecified atom stereocenters. The van der Waals surface area contributed by atoms with Crippen molar-refractivity contribution in [1.29, 1.82) is 0 Å². The van der Waals surface area contributed by atoms with E-state index in [-0.39, 0.29) is 0 Å². The highest BCUT2D eigenvalue weighted by Crippen LogP contribution is 2.28. The molecule has 0 saturated carbocycles. The predicted molar refractivity (Wildman–Crippen MR) is 98.7 cm³/mol. The fourth-order valence-corrected chi connectivity index (χ4v) is 9.03. The van der Waals surface area contributed by atoms with E-state index in [1.165, 1.54) is 15.8 Å². The van der Waals surface area contributed by atoms with Gasteiger partial charge >= 0.3 is 0 Å². The van der Waals surface area contributed by atoms with Crippen molar-refractivity contribution >= 4 is 48.7 Å². The third-order valence-electron chi connectivity index (χ3n) is 3.80. The predicted octanol–water partition coefficient (Wildman–Crippen LogP) is 3.09. The summed E-state index contributed by atoms with van der Waals surface area (Å²) in [5.41, 5.74) is 14.4. The summed E-state index contributed by atoms with van der Waals surface area (Å²) in [5, 5.41) is 5.33. The molecule has 0 saturated heterocycles. The lowest BCUT2D eigenvalue weighted by Crippen LogP contribution is -2.57. The van der Waals surface area contributed by atoms with Crippen LogP contribution >= 0.6 is 0 Å². The van der Waals surface area contributed by atoms with Crippen molar-refractivity contribution in [2.75, 3.05) is 11.5 Å². The van der Waals surface area contributed by atoms with Gasteiger partial charge in [-0.2, -0.15) is 0 Å². The minimum absolute atomic E-state index is 0.764. The fraction of sp³-hybridized carbons (Fsp3) is 0.375. The second-order valence-electron chi connectivity index (χ2n) is 7.62. The van der Waals surface area contributed by atoms with Crippen LogP contribution in [0.4, 0.5) is 11.4 Å². The molecule has 0 aromatic heterocycles. The average Bonchev–Trinajstić information content (AvgIpc) is 2.30. The Morgan fingerprint density at radius 3 is 1.55 bits per heavy atom. The number of hydrogen-bond donors (Lipinski definition) is 2. The van der Waals surface area contributed by atoms with Crippen molar-refractivity contribution in [3.8, 4) is 0 Å². The zero-order valence-electron chi connectivity index (χ0n) is 13.5. The third-order valence-corrected chi connectivity index (χ3v) is 8.08. The Labute approximate surface area is 124 Å². The number of benzene rings is 2. The Balaban J connectivity index is 3.09. The Kier molecular flexibility index (Phi) is 3.51. The summed E-state index contributed by atoms with van der Waals surface area (Å²) >= 11 is 0. The molecular formula is C16H26N2Si2. The van der Waals surface area contributed by atoms with Crippen molar-refractivity contribution < 1.29 is 0 Å². The van der Waals surface area contributed by atoms with Crippen LogP contribution in [0.3, 0.4) is 0 Å². The van der Waals surface area contributed by atoms with Gasteiger partial charge in [0.15, 0.2) is 0 Å². The van der Waals surface area contributed by atoms with Gasteiger partial charge in [-0.25, -0.2) is 0 Å². The molecule has 0 amide bonds. The maximum atomic E-state index is 6.46. The van der Waals surface area contributed by atoms with Crippen LogP contribution in [0.2, 0.25) is 39.3 Å². The second-order valence-corrected chi connectivity index (χ2v) is 17.6. The molecule has 20 heavy (non-hydrogen) atoms. The zero-order chi connectivity index (χ0) is 15.3. The Morgan fingerprint density at radius 2 is 1.10 bits per heavy atom. The monoisotopic (exact) mass is 302 g/mol. The van der Waals surface area contributed by atoms with Gasteiger partial charge in [0, 0.05) is 5.39 Å². The van der Waals surface area contributed by atoms with E-state index in [1.54, 1.807) is 0 Å². The summed E-state index contributed by atoms with van der Waals surface area (Å²) in [6, 6.07) is 8.46. The molecule has 4 N–H and O–H groups in total. The highest BCUT2D eigenvalue weighted by atomic mass is 28.3. The second kappa shape index (κ2) is 4.63. The molecule has 0 spiro atoms. The zero-order valence-corrected chi connectivity index (χ0v) is 15.5. The summed E-state index contributed by atoms with van der Waals surface area (Å²) in [6.45, 7) is 14.3. The maximum Gasteiger partial charge on any atom is 0.0802 e. The standard InChI is InChI=1S/C16H26N2Si2/c1-19(2,3)15-12-10-8-7-9-11(12)13(17)14(18)16(15)20(4,5)6/h7-10H,17-18H2,1-6H3. The molecule has 0 heterocycles. The van der Waals surface area contributed by atoms with E-state index in [9.17, 15) is 0 Å². The van der Waals surface area contributed by atoms with Crippen molar-refractivity contribution in [3.63, 3.8) is 0 Å². The summed E-state index contributed by atoms with van der Waals surface area (Å²) in [7, 11) is -3.06. The topological polar surface area (TPSA) is 52.0 Å². The molecule has 0 aliphatic heterocycles. The van der Waals surface area contributed by atoms with Gasteiger partial charge in [-0.3, -0.25) is 0 Å². The number of fused-ring (bicyclic) bond motifs is 1. The summed E-state index contributed by atoms with van der Waals surface area (Å²) in [6.07, 6.45) is 0. The first-order valence-electron chi connectivity index (χ1n) is 7.15. The van der Waals surface area contributed by atoms with Gasteiger partial charge in [0.25, 0.3) is 0 Å². The Bertz CT molecular complexity index is 665. The quantitative estimate of drug-likeness (QED) is 0.661. The molecule has 2 rings (SSSR count). The minimum atomic E-state index is -1.55. The van der Waals surface area contributed by atoms with Gasteiger partial charge in [-0.05, 0) is 10.6 Å². The summed E-state index contributed by atoms with van der Waals surface area (Å²) in [5.74, 6) is 0. The molecule has 0 aliphatic carbocycles. The van der Waals surface area contributed by atoms with Gasteiger partial charge in [-0.15, -0.1) is 0 Å². The largest absolute Gasteiger partial charge is 0.397 e. The molecule has 4 heteroatoms. The molecule has 2 aromatic carbocycles. The number of nitrogens with two attached hydrogens (primary N) is 2. The van der Waals surface area contributed by atoms with Crippen LogP contribution in [0.5, 0.6) is 0 Å². The number of rotatable bonds is 2. The fourth-order valence-electron chi connectivity index (χ4n) is 3.04. The first-order chi connectivity index (χ1) is 9.05. The van der Waals surface area contributed by atoms with E-state index in [2.05, 4.69) is 57.5 Å². The van der Waals surface area contributed by atoms with Crippen LogP contribution in [0.25, 0.3) is 10.8 Å². The lowest BCUT2D eigenvalue weighted by molar-refractivity contribution is 1.67. The highest BCUT2D eigenvalue weighted by molar-refractivity contribution is 7.00. The van der Waals surface area contributed by atoms with Gasteiger partial charge in [0.1, 0.15) is 0 Å². The van der Waals surface area contributed by atoms with Gasteiger partial charge < -0.3 is 11.5 Å². The molecule has 0 fully saturated rings. The van der Waals surface area contributed by atoms with Crippen LogP contribution in [0.15, 0.2) is 24.3 Å². The Hall–Kier alpha value is -1.27. The Morgan fingerprint density at radius 1 is 0.650 bits per heavy atom. The lowest BCUT2D eigenvalue weighted by atomic mass is 10.1. The van der Waals surface area contributed by atoms with Crippen LogP contribution in [0, 0.1) is 0 Å². The SMILES string of the molecule is C[Si](C)(C)c1c(N)c(N)c2ccccc2c1[Si](C)(C)C. The molecular weight excluding hydrogens is 276 g/mol. The smallest absolute Gasteiger partial charge is 0.0802 e. The van der Waals surface area contributed by atoms with Gasteiger partial charge in [0.05, 0.1) is 27.5 Å². The maximum absolute atomic E-state index is 6.46. The van der Waals surface area contributed by atoms with Crippen molar-refractivity contribution in [1.82, 2.24) is 0 Å². The normalized spacial score (nSPS) is 12.9. The van der Waals surface area contributed by atoms with E-state index >= 15 is 0 Å². The van der Waals surface area contributed by atoms with E-state index in [4.69, 9.17) is 11.5 Å².